The number of pyridine rings is 3. The van der Waals surface area contributed by atoms with Crippen molar-refractivity contribution >= 4 is 32.9 Å². The summed E-state index contributed by atoms with van der Waals surface area (Å²) in [5.41, 5.74) is 11.5. The molecule has 0 unspecified atom stereocenters. The summed E-state index contributed by atoms with van der Waals surface area (Å²) < 4.78 is 8.49. The van der Waals surface area contributed by atoms with E-state index in [2.05, 4.69) is 87.3 Å². The van der Waals surface area contributed by atoms with Gasteiger partial charge in [0, 0.05) is 57.3 Å². The zero-order valence-corrected chi connectivity index (χ0v) is 24.6. The molecule has 6 nitrogen and oxygen atoms in total. The molecular formula is C40H25N5O. The van der Waals surface area contributed by atoms with E-state index in [1.165, 1.54) is 0 Å². The van der Waals surface area contributed by atoms with Crippen LogP contribution >= 0.6 is 0 Å². The highest BCUT2D eigenvalue weighted by atomic mass is 16.3. The number of benzene rings is 4. The monoisotopic (exact) mass is 591 g/mol. The second-order valence-corrected chi connectivity index (χ2v) is 11.2. The van der Waals surface area contributed by atoms with Gasteiger partial charge in [-0.15, -0.1) is 0 Å². The fourth-order valence-corrected chi connectivity index (χ4v) is 6.17. The maximum atomic E-state index is 6.18. The van der Waals surface area contributed by atoms with Crippen LogP contribution in [0.3, 0.4) is 0 Å². The molecule has 0 spiro atoms. The van der Waals surface area contributed by atoms with Crippen LogP contribution in [0.1, 0.15) is 0 Å². The number of oxazole rings is 1. The number of nitrogens with zero attached hydrogens (tertiary/aromatic N) is 5. The lowest BCUT2D eigenvalue weighted by atomic mass is 10.1. The standard InChI is InChI=1S/C40H25N5O/c1-2-13-39-36(12-1)44-40(46-39)28-14-17-31-32-23-27(33-10-3-5-20-41-33)16-19-37(32)45(38(31)24-28)30-9-7-8-26(22-30)35-18-15-29(25-43-35)34-11-4-6-21-42-34/h1-25H. The Labute approximate surface area is 264 Å². The number of para-hydroxylation sites is 2. The highest BCUT2D eigenvalue weighted by Crippen LogP contribution is 2.38. The molecule has 0 fully saturated rings. The summed E-state index contributed by atoms with van der Waals surface area (Å²) in [6.45, 7) is 0. The Balaban J connectivity index is 1.22. The van der Waals surface area contributed by atoms with Gasteiger partial charge < -0.3 is 8.98 Å². The molecule has 0 amide bonds. The van der Waals surface area contributed by atoms with Gasteiger partial charge in [0.05, 0.1) is 28.1 Å². The highest BCUT2D eigenvalue weighted by molar-refractivity contribution is 6.11. The summed E-state index contributed by atoms with van der Waals surface area (Å²) in [5, 5.41) is 2.28. The van der Waals surface area contributed by atoms with Gasteiger partial charge in [0.2, 0.25) is 5.89 Å². The Hall–Kier alpha value is -6.40. The SMILES string of the molecule is c1ccc(-c2ccc(-c3cccc(-n4c5ccc(-c6ccccn6)cc5c5ccc(-c6nc7ccccc7o6)cc54)c3)nc2)nc1. The first-order chi connectivity index (χ1) is 22.8. The summed E-state index contributed by atoms with van der Waals surface area (Å²) in [7, 11) is 0. The molecule has 216 valence electrons. The average molecular weight is 592 g/mol. The van der Waals surface area contributed by atoms with Crippen molar-refractivity contribution in [2.24, 2.45) is 0 Å². The number of aromatic nitrogens is 5. The number of fused-ring (bicyclic) bond motifs is 4. The minimum absolute atomic E-state index is 0.597. The highest BCUT2D eigenvalue weighted by Gasteiger charge is 2.17. The second-order valence-electron chi connectivity index (χ2n) is 11.2. The molecule has 0 bridgehead atoms. The molecule has 5 heterocycles. The zero-order valence-electron chi connectivity index (χ0n) is 24.6. The number of hydrogen-bond acceptors (Lipinski definition) is 5. The summed E-state index contributed by atoms with van der Waals surface area (Å²) >= 11 is 0. The predicted molar refractivity (Wildman–Crippen MR) is 183 cm³/mol. The quantitative estimate of drug-likeness (QED) is 0.199. The molecular weight excluding hydrogens is 566 g/mol. The van der Waals surface area contributed by atoms with Gasteiger partial charge in [0.1, 0.15) is 5.52 Å². The molecule has 9 rings (SSSR count). The predicted octanol–water partition coefficient (Wildman–Crippen LogP) is 9.78. The molecule has 0 N–H and O–H groups in total. The van der Waals surface area contributed by atoms with Crippen LogP contribution in [0.25, 0.3) is 83.8 Å². The van der Waals surface area contributed by atoms with Crippen LogP contribution in [0, 0.1) is 0 Å². The minimum atomic E-state index is 0.597. The summed E-state index contributed by atoms with van der Waals surface area (Å²) in [6, 6.07) is 45.4. The van der Waals surface area contributed by atoms with Gasteiger partial charge in [-0.1, -0.05) is 48.5 Å². The average Bonchev–Trinajstić information content (AvgIpc) is 3.71. The fourth-order valence-electron chi connectivity index (χ4n) is 6.17. The van der Waals surface area contributed by atoms with E-state index in [0.29, 0.717) is 5.89 Å². The van der Waals surface area contributed by atoms with Crippen molar-refractivity contribution in [2.75, 3.05) is 0 Å². The van der Waals surface area contributed by atoms with E-state index in [1.807, 2.05) is 73.1 Å². The summed E-state index contributed by atoms with van der Waals surface area (Å²) in [4.78, 5) is 18.7. The van der Waals surface area contributed by atoms with Crippen molar-refractivity contribution in [3.8, 4) is 50.9 Å². The van der Waals surface area contributed by atoms with E-state index >= 15 is 0 Å². The second kappa shape index (κ2) is 10.6. The van der Waals surface area contributed by atoms with Crippen LogP contribution in [-0.2, 0) is 0 Å². The van der Waals surface area contributed by atoms with Gasteiger partial charge in [0.25, 0.3) is 0 Å². The molecule has 4 aromatic carbocycles. The van der Waals surface area contributed by atoms with Crippen molar-refractivity contribution in [3.05, 3.63) is 152 Å². The van der Waals surface area contributed by atoms with E-state index in [9.17, 15) is 0 Å². The molecule has 0 aliphatic rings. The minimum Gasteiger partial charge on any atom is -0.436 e. The van der Waals surface area contributed by atoms with Crippen LogP contribution in [0.4, 0.5) is 0 Å². The van der Waals surface area contributed by atoms with E-state index in [-0.39, 0.29) is 0 Å². The van der Waals surface area contributed by atoms with Crippen LogP contribution in [0.2, 0.25) is 0 Å². The molecule has 0 saturated carbocycles. The molecule has 0 aliphatic carbocycles. The molecule has 6 heteroatoms. The first kappa shape index (κ1) is 26.0. The zero-order chi connectivity index (χ0) is 30.5. The van der Waals surface area contributed by atoms with E-state index in [0.717, 1.165) is 77.9 Å². The van der Waals surface area contributed by atoms with Gasteiger partial charge in [-0.25, -0.2) is 4.98 Å². The molecule has 0 aliphatic heterocycles. The van der Waals surface area contributed by atoms with Crippen molar-refractivity contribution in [2.45, 2.75) is 0 Å². The van der Waals surface area contributed by atoms with Gasteiger partial charge in [0.15, 0.2) is 5.58 Å². The summed E-state index contributed by atoms with van der Waals surface area (Å²) in [5.74, 6) is 0.597. The van der Waals surface area contributed by atoms with Crippen LogP contribution in [0.5, 0.6) is 0 Å². The number of hydrogen-bond donors (Lipinski definition) is 0. The Morgan fingerprint density at radius 3 is 2.00 bits per heavy atom. The van der Waals surface area contributed by atoms with Crippen molar-refractivity contribution in [1.29, 1.82) is 0 Å². The molecule has 9 aromatic rings. The largest absolute Gasteiger partial charge is 0.436 e. The smallest absolute Gasteiger partial charge is 0.227 e. The lowest BCUT2D eigenvalue weighted by Gasteiger charge is -2.11. The Morgan fingerprint density at radius 1 is 0.478 bits per heavy atom. The Bertz CT molecular complexity index is 2480. The van der Waals surface area contributed by atoms with Crippen molar-refractivity contribution in [1.82, 2.24) is 24.5 Å². The van der Waals surface area contributed by atoms with E-state index in [1.54, 1.807) is 6.20 Å². The van der Waals surface area contributed by atoms with Crippen LogP contribution < -0.4 is 0 Å². The molecule has 0 saturated heterocycles. The van der Waals surface area contributed by atoms with E-state index in [4.69, 9.17) is 14.4 Å². The maximum absolute atomic E-state index is 6.18. The van der Waals surface area contributed by atoms with Crippen molar-refractivity contribution < 1.29 is 4.42 Å². The topological polar surface area (TPSA) is 69.6 Å². The van der Waals surface area contributed by atoms with Gasteiger partial charge in [-0.2, -0.15) is 0 Å². The lowest BCUT2D eigenvalue weighted by Crippen LogP contribution is -1.95. The summed E-state index contributed by atoms with van der Waals surface area (Å²) in [6.07, 6.45) is 5.52. The third kappa shape index (κ3) is 4.43. The Morgan fingerprint density at radius 2 is 1.22 bits per heavy atom. The Kier molecular flexibility index (Phi) is 6.03. The molecule has 46 heavy (non-hydrogen) atoms. The van der Waals surface area contributed by atoms with Crippen LogP contribution in [0.15, 0.2) is 156 Å². The first-order valence-electron chi connectivity index (χ1n) is 15.1. The fraction of sp³-hybridized carbons (Fsp3) is 0. The van der Waals surface area contributed by atoms with Crippen LogP contribution in [-0.4, -0.2) is 24.5 Å². The molecule has 0 atom stereocenters. The molecule has 0 radical (unpaired) electrons. The third-order valence-corrected chi connectivity index (χ3v) is 8.39. The molecule has 5 aromatic heterocycles. The van der Waals surface area contributed by atoms with Gasteiger partial charge in [-0.05, 0) is 84.9 Å². The third-order valence-electron chi connectivity index (χ3n) is 8.39. The van der Waals surface area contributed by atoms with Crippen molar-refractivity contribution in [3.63, 3.8) is 0 Å². The maximum Gasteiger partial charge on any atom is 0.227 e. The normalized spacial score (nSPS) is 11.5. The first-order valence-corrected chi connectivity index (χ1v) is 15.1. The van der Waals surface area contributed by atoms with Gasteiger partial charge >= 0.3 is 0 Å². The van der Waals surface area contributed by atoms with Gasteiger partial charge in [-0.3, -0.25) is 15.0 Å². The lowest BCUT2D eigenvalue weighted by molar-refractivity contribution is 0.620. The number of rotatable bonds is 5. The van der Waals surface area contributed by atoms with E-state index < -0.39 is 0 Å².